The number of rotatable bonds is 2. The van der Waals surface area contributed by atoms with Crippen molar-refractivity contribution in [3.05, 3.63) is 35.9 Å². The molecule has 102 valence electrons. The molecule has 1 saturated heterocycles. The molecule has 3 atom stereocenters. The van der Waals surface area contributed by atoms with Crippen molar-refractivity contribution >= 4 is 5.97 Å². The lowest BCUT2D eigenvalue weighted by atomic mass is 9.59. The fourth-order valence-corrected chi connectivity index (χ4v) is 4.19. The fourth-order valence-electron chi connectivity index (χ4n) is 4.19. The molecule has 0 radical (unpaired) electrons. The van der Waals surface area contributed by atoms with Gasteiger partial charge < -0.3 is 10.4 Å². The molecule has 1 aromatic rings. The zero-order chi connectivity index (χ0) is 13.3. The van der Waals surface area contributed by atoms with Gasteiger partial charge in [0.15, 0.2) is 0 Å². The van der Waals surface area contributed by atoms with Crippen LogP contribution in [0.2, 0.25) is 0 Å². The van der Waals surface area contributed by atoms with Crippen molar-refractivity contribution in [1.82, 2.24) is 5.32 Å². The molecule has 1 heterocycles. The van der Waals surface area contributed by atoms with E-state index < -0.39 is 5.97 Å². The van der Waals surface area contributed by atoms with Crippen LogP contribution < -0.4 is 5.32 Å². The highest BCUT2D eigenvalue weighted by Crippen LogP contribution is 2.53. The lowest BCUT2D eigenvalue weighted by Gasteiger charge is -2.44. The van der Waals surface area contributed by atoms with Gasteiger partial charge in [0.25, 0.3) is 0 Å². The maximum absolute atomic E-state index is 11.6. The summed E-state index contributed by atoms with van der Waals surface area (Å²) in [6.07, 6.45) is 4.54. The number of benzene rings is 1. The third-order valence-electron chi connectivity index (χ3n) is 5.08. The maximum atomic E-state index is 11.6. The smallest absolute Gasteiger partial charge is 0.308 e. The number of hydrogen-bond acceptors (Lipinski definition) is 2. The number of carboxylic acids is 1. The maximum Gasteiger partial charge on any atom is 0.308 e. The summed E-state index contributed by atoms with van der Waals surface area (Å²) in [7, 11) is 0. The van der Waals surface area contributed by atoms with Crippen LogP contribution in [0.3, 0.4) is 0 Å². The first-order chi connectivity index (χ1) is 9.24. The Labute approximate surface area is 114 Å². The summed E-state index contributed by atoms with van der Waals surface area (Å²) in [5.74, 6) is -0.482. The van der Waals surface area contributed by atoms with Crippen LogP contribution in [-0.4, -0.2) is 24.2 Å². The van der Waals surface area contributed by atoms with Crippen LogP contribution in [0.15, 0.2) is 30.3 Å². The van der Waals surface area contributed by atoms with E-state index in [2.05, 4.69) is 29.6 Å². The molecule has 1 aromatic carbocycles. The zero-order valence-corrected chi connectivity index (χ0v) is 11.1. The van der Waals surface area contributed by atoms with Crippen molar-refractivity contribution in [3.63, 3.8) is 0 Å². The molecule has 0 bridgehead atoms. The van der Waals surface area contributed by atoms with Crippen LogP contribution in [0.25, 0.3) is 0 Å². The SMILES string of the molecule is O=C(O)C1CNCC12CCCCC2c1ccccc1. The molecule has 2 N–H and O–H groups in total. The van der Waals surface area contributed by atoms with E-state index in [0.717, 1.165) is 25.8 Å². The van der Waals surface area contributed by atoms with Crippen LogP contribution >= 0.6 is 0 Å². The molecular weight excluding hydrogens is 238 g/mol. The van der Waals surface area contributed by atoms with Crippen molar-refractivity contribution in [2.75, 3.05) is 13.1 Å². The van der Waals surface area contributed by atoms with Crippen molar-refractivity contribution in [2.24, 2.45) is 11.3 Å². The molecule has 19 heavy (non-hydrogen) atoms. The quantitative estimate of drug-likeness (QED) is 0.858. The summed E-state index contributed by atoms with van der Waals surface area (Å²) >= 11 is 0. The van der Waals surface area contributed by atoms with Gasteiger partial charge in [0, 0.05) is 18.5 Å². The Balaban J connectivity index is 1.99. The predicted octanol–water partition coefficient (Wildman–Crippen LogP) is 2.63. The Morgan fingerprint density at radius 3 is 2.79 bits per heavy atom. The van der Waals surface area contributed by atoms with Crippen LogP contribution in [0.5, 0.6) is 0 Å². The van der Waals surface area contributed by atoms with Gasteiger partial charge in [0.05, 0.1) is 5.92 Å². The molecule has 2 aliphatic rings. The lowest BCUT2D eigenvalue weighted by Crippen LogP contribution is -2.42. The lowest BCUT2D eigenvalue weighted by molar-refractivity contribution is -0.146. The molecule has 1 spiro atoms. The van der Waals surface area contributed by atoms with E-state index in [9.17, 15) is 9.90 Å². The first-order valence-electron chi connectivity index (χ1n) is 7.22. The Morgan fingerprint density at radius 2 is 2.05 bits per heavy atom. The van der Waals surface area contributed by atoms with Gasteiger partial charge in [-0.15, -0.1) is 0 Å². The van der Waals surface area contributed by atoms with Crippen LogP contribution in [0.4, 0.5) is 0 Å². The second-order valence-corrected chi connectivity index (χ2v) is 5.96. The minimum atomic E-state index is -0.632. The van der Waals surface area contributed by atoms with Gasteiger partial charge in [-0.05, 0) is 24.3 Å². The number of nitrogens with one attached hydrogen (secondary N) is 1. The number of hydrogen-bond donors (Lipinski definition) is 2. The summed E-state index contributed by atoms with van der Waals surface area (Å²) in [6.45, 7) is 1.47. The van der Waals surface area contributed by atoms with Crippen LogP contribution in [0, 0.1) is 11.3 Å². The van der Waals surface area contributed by atoms with E-state index in [4.69, 9.17) is 0 Å². The second-order valence-electron chi connectivity index (χ2n) is 5.96. The molecule has 3 nitrogen and oxygen atoms in total. The van der Waals surface area contributed by atoms with E-state index in [1.54, 1.807) is 0 Å². The molecule has 0 aromatic heterocycles. The van der Waals surface area contributed by atoms with Gasteiger partial charge in [-0.1, -0.05) is 43.2 Å². The van der Waals surface area contributed by atoms with Crippen molar-refractivity contribution in [2.45, 2.75) is 31.6 Å². The zero-order valence-electron chi connectivity index (χ0n) is 11.1. The molecular formula is C16H21NO2. The minimum absolute atomic E-state index is 0.0779. The molecule has 1 saturated carbocycles. The molecule has 3 unspecified atom stereocenters. The van der Waals surface area contributed by atoms with Crippen molar-refractivity contribution in [1.29, 1.82) is 0 Å². The third-order valence-corrected chi connectivity index (χ3v) is 5.08. The third kappa shape index (κ3) is 2.06. The normalized spacial score (nSPS) is 34.5. The van der Waals surface area contributed by atoms with Crippen LogP contribution in [0.1, 0.15) is 37.2 Å². The molecule has 2 fully saturated rings. The monoisotopic (exact) mass is 259 g/mol. The number of aliphatic carboxylic acids is 1. The van der Waals surface area contributed by atoms with Gasteiger partial charge in [-0.3, -0.25) is 4.79 Å². The Hall–Kier alpha value is -1.35. The Bertz CT molecular complexity index is 459. The van der Waals surface area contributed by atoms with E-state index in [-0.39, 0.29) is 11.3 Å². The Kier molecular flexibility index (Phi) is 3.31. The van der Waals surface area contributed by atoms with Gasteiger partial charge in [0.2, 0.25) is 0 Å². The predicted molar refractivity (Wildman–Crippen MR) is 74.1 cm³/mol. The highest BCUT2D eigenvalue weighted by atomic mass is 16.4. The molecule has 3 rings (SSSR count). The minimum Gasteiger partial charge on any atom is -0.481 e. The van der Waals surface area contributed by atoms with E-state index in [1.165, 1.54) is 12.0 Å². The van der Waals surface area contributed by atoms with E-state index >= 15 is 0 Å². The highest BCUT2D eigenvalue weighted by Gasteiger charge is 2.52. The second kappa shape index (κ2) is 4.97. The van der Waals surface area contributed by atoms with Gasteiger partial charge in [0.1, 0.15) is 0 Å². The highest BCUT2D eigenvalue weighted by molar-refractivity contribution is 5.72. The average molecular weight is 259 g/mol. The van der Waals surface area contributed by atoms with Gasteiger partial charge in [-0.25, -0.2) is 0 Å². The van der Waals surface area contributed by atoms with Gasteiger partial charge >= 0.3 is 5.97 Å². The first-order valence-corrected chi connectivity index (χ1v) is 7.22. The first kappa shape index (κ1) is 12.7. The van der Waals surface area contributed by atoms with Crippen molar-refractivity contribution < 1.29 is 9.90 Å². The summed E-state index contributed by atoms with van der Waals surface area (Å²) in [6, 6.07) is 10.5. The summed E-state index contributed by atoms with van der Waals surface area (Å²) < 4.78 is 0. The standard InChI is InChI=1S/C16H21NO2/c18-15(19)14-10-17-11-16(14)9-5-4-8-13(16)12-6-2-1-3-7-12/h1-3,6-7,13-14,17H,4-5,8-11H2,(H,18,19). The van der Waals surface area contributed by atoms with E-state index in [0.29, 0.717) is 12.5 Å². The number of carbonyl (C=O) groups is 1. The topological polar surface area (TPSA) is 49.3 Å². The Morgan fingerprint density at radius 1 is 1.26 bits per heavy atom. The molecule has 1 aliphatic heterocycles. The molecule has 1 aliphatic carbocycles. The van der Waals surface area contributed by atoms with Crippen LogP contribution in [-0.2, 0) is 4.79 Å². The van der Waals surface area contributed by atoms with E-state index in [1.807, 2.05) is 6.07 Å². The summed E-state index contributed by atoms with van der Waals surface area (Å²) in [5.41, 5.74) is 1.24. The van der Waals surface area contributed by atoms with Crippen molar-refractivity contribution in [3.8, 4) is 0 Å². The number of carboxylic acid groups (broad SMARTS) is 1. The molecule has 3 heteroatoms. The average Bonchev–Trinajstić information content (AvgIpc) is 2.84. The molecule has 0 amide bonds. The largest absolute Gasteiger partial charge is 0.481 e. The van der Waals surface area contributed by atoms with Gasteiger partial charge in [-0.2, -0.15) is 0 Å². The fraction of sp³-hybridized carbons (Fsp3) is 0.562. The summed E-state index contributed by atoms with van der Waals surface area (Å²) in [4.78, 5) is 11.6. The summed E-state index contributed by atoms with van der Waals surface area (Å²) in [5, 5.41) is 12.9.